The largest absolute Gasteiger partial charge is 0.496 e. The molecule has 2 aromatic rings. The van der Waals surface area contributed by atoms with Crippen molar-refractivity contribution >= 4 is 11.6 Å². The van der Waals surface area contributed by atoms with Crippen LogP contribution in [0.1, 0.15) is 15.9 Å². The standard InChI is InChI=1S/C16H15NO4/c1-10-7-11(3-5-13(10)19-2)16(18)17-12-4-6-14-15(8-12)21-9-20-14/h3-8H,9H2,1-2H3,(H,17,18). The van der Waals surface area contributed by atoms with Crippen molar-refractivity contribution < 1.29 is 19.0 Å². The summed E-state index contributed by atoms with van der Waals surface area (Å²) in [7, 11) is 1.61. The lowest BCUT2D eigenvalue weighted by Crippen LogP contribution is -2.12. The molecule has 1 N–H and O–H groups in total. The Bertz CT molecular complexity index is 697. The summed E-state index contributed by atoms with van der Waals surface area (Å²) in [4.78, 5) is 12.2. The van der Waals surface area contributed by atoms with Crippen LogP contribution >= 0.6 is 0 Å². The molecule has 0 bridgehead atoms. The van der Waals surface area contributed by atoms with Crippen molar-refractivity contribution in [2.75, 3.05) is 19.2 Å². The highest BCUT2D eigenvalue weighted by Crippen LogP contribution is 2.34. The first-order valence-corrected chi connectivity index (χ1v) is 6.53. The first-order chi connectivity index (χ1) is 10.2. The molecular weight excluding hydrogens is 270 g/mol. The molecule has 0 unspecified atom stereocenters. The van der Waals surface area contributed by atoms with Crippen LogP contribution in [-0.2, 0) is 0 Å². The Balaban J connectivity index is 1.78. The predicted octanol–water partition coefficient (Wildman–Crippen LogP) is 2.98. The maximum absolute atomic E-state index is 12.2. The first kappa shape index (κ1) is 13.3. The van der Waals surface area contributed by atoms with Gasteiger partial charge in [0.2, 0.25) is 6.79 Å². The molecule has 0 radical (unpaired) electrons. The zero-order valence-corrected chi connectivity index (χ0v) is 11.8. The molecule has 1 aliphatic heterocycles. The number of aryl methyl sites for hydroxylation is 1. The molecule has 1 aliphatic rings. The molecule has 2 aromatic carbocycles. The third-order valence-electron chi connectivity index (χ3n) is 3.29. The second kappa shape index (κ2) is 5.36. The molecule has 0 saturated carbocycles. The van der Waals surface area contributed by atoms with E-state index in [-0.39, 0.29) is 12.7 Å². The molecule has 1 heterocycles. The minimum absolute atomic E-state index is 0.181. The van der Waals surface area contributed by atoms with Gasteiger partial charge in [-0.2, -0.15) is 0 Å². The molecule has 0 aliphatic carbocycles. The highest BCUT2D eigenvalue weighted by Gasteiger charge is 2.15. The minimum atomic E-state index is -0.181. The first-order valence-electron chi connectivity index (χ1n) is 6.53. The van der Waals surface area contributed by atoms with Gasteiger partial charge in [0.1, 0.15) is 5.75 Å². The number of methoxy groups -OCH3 is 1. The average molecular weight is 285 g/mol. The topological polar surface area (TPSA) is 56.8 Å². The van der Waals surface area contributed by atoms with Gasteiger partial charge in [-0.15, -0.1) is 0 Å². The molecule has 5 heteroatoms. The number of benzene rings is 2. The lowest BCUT2D eigenvalue weighted by molar-refractivity contribution is 0.102. The third kappa shape index (κ3) is 2.63. The van der Waals surface area contributed by atoms with Gasteiger partial charge in [-0.3, -0.25) is 4.79 Å². The Kier molecular flexibility index (Phi) is 3.39. The molecular formula is C16H15NO4. The maximum Gasteiger partial charge on any atom is 0.255 e. The van der Waals surface area contributed by atoms with Gasteiger partial charge >= 0.3 is 0 Å². The summed E-state index contributed by atoms with van der Waals surface area (Å²) in [6.07, 6.45) is 0. The molecule has 0 saturated heterocycles. The van der Waals surface area contributed by atoms with Crippen molar-refractivity contribution in [3.05, 3.63) is 47.5 Å². The van der Waals surface area contributed by atoms with Gasteiger partial charge in [-0.05, 0) is 42.8 Å². The van der Waals surface area contributed by atoms with Crippen LogP contribution in [0.25, 0.3) is 0 Å². The summed E-state index contributed by atoms with van der Waals surface area (Å²) in [5.41, 5.74) is 2.15. The van der Waals surface area contributed by atoms with Gasteiger partial charge in [-0.25, -0.2) is 0 Å². The van der Waals surface area contributed by atoms with Crippen LogP contribution < -0.4 is 19.5 Å². The number of carbonyl (C=O) groups excluding carboxylic acids is 1. The fraction of sp³-hybridized carbons (Fsp3) is 0.188. The van der Waals surface area contributed by atoms with Crippen LogP contribution in [0, 0.1) is 6.92 Å². The average Bonchev–Trinajstić information content (AvgIpc) is 2.94. The number of hydrogen-bond acceptors (Lipinski definition) is 4. The van der Waals surface area contributed by atoms with E-state index in [1.54, 1.807) is 43.5 Å². The highest BCUT2D eigenvalue weighted by molar-refractivity contribution is 6.04. The number of nitrogens with one attached hydrogen (secondary N) is 1. The zero-order valence-electron chi connectivity index (χ0n) is 11.8. The van der Waals surface area contributed by atoms with E-state index in [1.807, 2.05) is 6.92 Å². The summed E-state index contributed by atoms with van der Waals surface area (Å²) < 4.78 is 15.7. The predicted molar refractivity (Wildman–Crippen MR) is 78.2 cm³/mol. The van der Waals surface area contributed by atoms with Crippen molar-refractivity contribution in [1.29, 1.82) is 0 Å². The van der Waals surface area contributed by atoms with E-state index in [0.717, 1.165) is 11.3 Å². The van der Waals surface area contributed by atoms with Crippen LogP contribution in [0.5, 0.6) is 17.2 Å². The molecule has 108 valence electrons. The number of anilines is 1. The molecule has 5 nitrogen and oxygen atoms in total. The summed E-state index contributed by atoms with van der Waals surface area (Å²) in [6, 6.07) is 10.6. The maximum atomic E-state index is 12.2. The Labute approximate surface area is 122 Å². The zero-order chi connectivity index (χ0) is 14.8. The van der Waals surface area contributed by atoms with Crippen LogP contribution in [0.3, 0.4) is 0 Å². The fourth-order valence-corrected chi connectivity index (χ4v) is 2.20. The van der Waals surface area contributed by atoms with Gasteiger partial charge in [0.25, 0.3) is 5.91 Å². The summed E-state index contributed by atoms with van der Waals surface area (Å²) >= 11 is 0. The van der Waals surface area contributed by atoms with Crippen molar-refractivity contribution in [3.8, 4) is 17.2 Å². The van der Waals surface area contributed by atoms with Crippen molar-refractivity contribution in [2.45, 2.75) is 6.92 Å². The van der Waals surface area contributed by atoms with E-state index >= 15 is 0 Å². The van der Waals surface area contributed by atoms with Crippen LogP contribution in [0.2, 0.25) is 0 Å². The van der Waals surface area contributed by atoms with Gasteiger partial charge in [0, 0.05) is 17.3 Å². The van der Waals surface area contributed by atoms with E-state index in [2.05, 4.69) is 5.32 Å². The van der Waals surface area contributed by atoms with E-state index in [9.17, 15) is 4.79 Å². The second-order valence-corrected chi connectivity index (χ2v) is 4.71. The Morgan fingerprint density at radius 3 is 2.71 bits per heavy atom. The van der Waals surface area contributed by atoms with Crippen LogP contribution in [-0.4, -0.2) is 19.8 Å². The van der Waals surface area contributed by atoms with E-state index in [0.29, 0.717) is 22.7 Å². The Morgan fingerprint density at radius 1 is 1.14 bits per heavy atom. The van der Waals surface area contributed by atoms with Crippen LogP contribution in [0.4, 0.5) is 5.69 Å². The van der Waals surface area contributed by atoms with Gasteiger partial charge in [0.15, 0.2) is 11.5 Å². The third-order valence-corrected chi connectivity index (χ3v) is 3.29. The van der Waals surface area contributed by atoms with E-state index in [4.69, 9.17) is 14.2 Å². The smallest absolute Gasteiger partial charge is 0.255 e. The molecule has 0 atom stereocenters. The van der Waals surface area contributed by atoms with Gasteiger partial charge < -0.3 is 19.5 Å². The van der Waals surface area contributed by atoms with E-state index < -0.39 is 0 Å². The number of hydrogen-bond donors (Lipinski definition) is 1. The molecule has 0 spiro atoms. The summed E-state index contributed by atoms with van der Waals surface area (Å²) in [5.74, 6) is 1.90. The Hall–Kier alpha value is -2.69. The number of carbonyl (C=O) groups is 1. The number of rotatable bonds is 3. The number of fused-ring (bicyclic) bond motifs is 1. The molecule has 0 fully saturated rings. The second-order valence-electron chi connectivity index (χ2n) is 4.71. The summed E-state index contributed by atoms with van der Waals surface area (Å²) in [6.45, 7) is 2.11. The molecule has 3 rings (SSSR count). The van der Waals surface area contributed by atoms with Gasteiger partial charge in [0.05, 0.1) is 7.11 Å². The SMILES string of the molecule is COc1ccc(C(=O)Nc2ccc3c(c2)OCO3)cc1C. The normalized spacial score (nSPS) is 12.1. The van der Waals surface area contributed by atoms with Crippen molar-refractivity contribution in [1.82, 2.24) is 0 Å². The molecule has 0 aromatic heterocycles. The highest BCUT2D eigenvalue weighted by atomic mass is 16.7. The molecule has 1 amide bonds. The van der Waals surface area contributed by atoms with Crippen LogP contribution in [0.15, 0.2) is 36.4 Å². The quantitative estimate of drug-likeness (QED) is 0.942. The van der Waals surface area contributed by atoms with Crippen molar-refractivity contribution in [2.24, 2.45) is 0 Å². The Morgan fingerprint density at radius 2 is 1.95 bits per heavy atom. The van der Waals surface area contributed by atoms with Gasteiger partial charge in [-0.1, -0.05) is 0 Å². The van der Waals surface area contributed by atoms with Crippen molar-refractivity contribution in [3.63, 3.8) is 0 Å². The molecule has 21 heavy (non-hydrogen) atoms. The number of ether oxygens (including phenoxy) is 3. The van der Waals surface area contributed by atoms with E-state index in [1.165, 1.54) is 0 Å². The lowest BCUT2D eigenvalue weighted by atomic mass is 10.1. The number of amides is 1. The lowest BCUT2D eigenvalue weighted by Gasteiger charge is -2.09. The fourth-order valence-electron chi connectivity index (χ4n) is 2.20. The summed E-state index contributed by atoms with van der Waals surface area (Å²) in [5, 5.41) is 2.84. The monoisotopic (exact) mass is 285 g/mol. The minimum Gasteiger partial charge on any atom is -0.496 e.